The lowest BCUT2D eigenvalue weighted by Crippen LogP contribution is -2.51. The topological polar surface area (TPSA) is 73.5 Å². The van der Waals surface area contributed by atoms with E-state index in [4.69, 9.17) is 11.6 Å². The highest BCUT2D eigenvalue weighted by Gasteiger charge is 2.21. The Morgan fingerprint density at radius 2 is 1.83 bits per heavy atom. The third-order valence-corrected chi connectivity index (χ3v) is 3.23. The molecule has 0 saturated heterocycles. The quantitative estimate of drug-likeness (QED) is 0.789. The van der Waals surface area contributed by atoms with Crippen LogP contribution in [0.4, 0.5) is 16.2 Å². The highest BCUT2D eigenvalue weighted by atomic mass is 35.5. The number of nitrogens with zero attached hydrogens (tertiary/aromatic N) is 1. The molecule has 0 fully saturated rings. The van der Waals surface area contributed by atoms with E-state index in [1.165, 1.54) is 0 Å². The van der Waals surface area contributed by atoms with Crippen LogP contribution in [0.1, 0.15) is 27.7 Å². The molecule has 0 saturated carbocycles. The Hall–Kier alpha value is -1.95. The van der Waals surface area contributed by atoms with E-state index in [0.717, 1.165) is 0 Å². The molecule has 0 radical (unpaired) electrons. The van der Waals surface area contributed by atoms with Gasteiger partial charge in [0.2, 0.25) is 5.91 Å². The van der Waals surface area contributed by atoms with Crippen molar-refractivity contribution < 1.29 is 9.59 Å². The average Bonchev–Trinajstić information content (AvgIpc) is 2.35. The van der Waals surface area contributed by atoms with Crippen molar-refractivity contribution in [1.29, 1.82) is 0 Å². The number of halogens is 1. The van der Waals surface area contributed by atoms with E-state index in [1.54, 1.807) is 25.1 Å². The van der Waals surface area contributed by atoms with E-state index in [-0.39, 0.29) is 11.4 Å². The number of rotatable bonds is 4. The zero-order valence-corrected chi connectivity index (χ0v) is 15.2. The number of amides is 3. The van der Waals surface area contributed by atoms with E-state index in [0.29, 0.717) is 16.4 Å². The van der Waals surface area contributed by atoms with Gasteiger partial charge in [-0.15, -0.1) is 0 Å². The van der Waals surface area contributed by atoms with Gasteiger partial charge in [0.05, 0.1) is 16.4 Å². The Morgan fingerprint density at radius 3 is 2.35 bits per heavy atom. The number of benzene rings is 1. The molecule has 0 heterocycles. The second-order valence-electron chi connectivity index (χ2n) is 6.59. The molecule has 7 heteroatoms. The van der Waals surface area contributed by atoms with Crippen LogP contribution in [-0.4, -0.2) is 37.6 Å². The predicted octanol–water partition coefficient (Wildman–Crippen LogP) is 2.83. The maximum atomic E-state index is 12.1. The van der Waals surface area contributed by atoms with Crippen LogP contribution in [0.2, 0.25) is 5.02 Å². The molecular weight excluding hydrogens is 316 g/mol. The van der Waals surface area contributed by atoms with Crippen LogP contribution in [0.5, 0.6) is 0 Å². The number of carbonyl (C=O) groups excluding carboxylic acids is 2. The van der Waals surface area contributed by atoms with Gasteiger partial charge in [-0.25, -0.2) is 4.79 Å². The van der Waals surface area contributed by atoms with Gasteiger partial charge in [0.25, 0.3) is 0 Å². The maximum absolute atomic E-state index is 12.1. The molecule has 3 N–H and O–H groups in total. The van der Waals surface area contributed by atoms with E-state index in [9.17, 15) is 9.59 Å². The van der Waals surface area contributed by atoms with Gasteiger partial charge in [0, 0.05) is 19.6 Å². The van der Waals surface area contributed by atoms with Crippen molar-refractivity contribution in [2.75, 3.05) is 24.3 Å². The largest absolute Gasteiger partial charge is 0.375 e. The van der Waals surface area contributed by atoms with E-state index >= 15 is 0 Å². The van der Waals surface area contributed by atoms with Gasteiger partial charge in [-0.1, -0.05) is 17.7 Å². The van der Waals surface area contributed by atoms with E-state index < -0.39 is 12.1 Å². The summed E-state index contributed by atoms with van der Waals surface area (Å²) in [6.45, 7) is 7.28. The minimum Gasteiger partial charge on any atom is -0.375 e. The van der Waals surface area contributed by atoms with Crippen molar-refractivity contribution in [2.24, 2.45) is 0 Å². The summed E-state index contributed by atoms with van der Waals surface area (Å²) in [5, 5.41) is 8.69. The molecule has 0 bridgehead atoms. The number of hydrogen-bond donors (Lipinski definition) is 3. The summed E-state index contributed by atoms with van der Waals surface area (Å²) in [5.41, 5.74) is 0.925. The third kappa shape index (κ3) is 5.98. The van der Waals surface area contributed by atoms with Crippen LogP contribution in [0.15, 0.2) is 18.2 Å². The summed E-state index contributed by atoms with van der Waals surface area (Å²) in [7, 11) is 3.67. The molecule has 0 aliphatic carbocycles. The molecule has 23 heavy (non-hydrogen) atoms. The first-order valence-electron chi connectivity index (χ1n) is 7.36. The Balaban J connectivity index is 2.75. The number of nitrogens with one attached hydrogen (secondary N) is 3. The van der Waals surface area contributed by atoms with Gasteiger partial charge in [-0.3, -0.25) is 4.79 Å². The van der Waals surface area contributed by atoms with Gasteiger partial charge in [-0.2, -0.15) is 0 Å². The zero-order valence-electron chi connectivity index (χ0n) is 14.5. The Labute approximate surface area is 142 Å². The molecule has 6 nitrogen and oxygen atoms in total. The fourth-order valence-corrected chi connectivity index (χ4v) is 2.31. The fourth-order valence-electron chi connectivity index (χ4n) is 1.97. The van der Waals surface area contributed by atoms with Crippen molar-refractivity contribution in [2.45, 2.75) is 39.3 Å². The van der Waals surface area contributed by atoms with Crippen molar-refractivity contribution in [1.82, 2.24) is 10.6 Å². The van der Waals surface area contributed by atoms with Crippen molar-refractivity contribution >= 4 is 34.9 Å². The lowest BCUT2D eigenvalue weighted by Gasteiger charge is -2.24. The van der Waals surface area contributed by atoms with Crippen LogP contribution >= 0.6 is 11.6 Å². The molecule has 0 unspecified atom stereocenters. The van der Waals surface area contributed by atoms with Gasteiger partial charge in [0.15, 0.2) is 0 Å². The van der Waals surface area contributed by atoms with Crippen LogP contribution < -0.4 is 20.9 Å². The molecule has 0 spiro atoms. The number of carbonyl (C=O) groups is 2. The lowest BCUT2D eigenvalue weighted by molar-refractivity contribution is -0.123. The van der Waals surface area contributed by atoms with Gasteiger partial charge < -0.3 is 20.9 Å². The summed E-state index contributed by atoms with van der Waals surface area (Å²) in [6, 6.07) is 4.13. The smallest absolute Gasteiger partial charge is 0.319 e. The van der Waals surface area contributed by atoms with Crippen molar-refractivity contribution in [3.05, 3.63) is 23.2 Å². The molecule has 128 valence electrons. The zero-order chi connectivity index (χ0) is 17.8. The maximum Gasteiger partial charge on any atom is 0.319 e. The highest BCUT2D eigenvalue weighted by molar-refractivity contribution is 6.34. The third-order valence-electron chi connectivity index (χ3n) is 2.92. The monoisotopic (exact) mass is 340 g/mol. The predicted molar refractivity (Wildman–Crippen MR) is 95.3 cm³/mol. The van der Waals surface area contributed by atoms with Crippen LogP contribution in [0, 0.1) is 0 Å². The second-order valence-corrected chi connectivity index (χ2v) is 7.00. The summed E-state index contributed by atoms with van der Waals surface area (Å²) in [6.07, 6.45) is 0. The first-order valence-corrected chi connectivity index (χ1v) is 7.74. The van der Waals surface area contributed by atoms with Crippen LogP contribution in [0.3, 0.4) is 0 Å². The summed E-state index contributed by atoms with van der Waals surface area (Å²) < 4.78 is 0. The normalized spacial score (nSPS) is 12.3. The van der Waals surface area contributed by atoms with Crippen LogP contribution in [0.25, 0.3) is 0 Å². The minimum atomic E-state index is -0.656. The Kier molecular flexibility index (Phi) is 6.27. The van der Waals surface area contributed by atoms with Gasteiger partial charge >= 0.3 is 6.03 Å². The Bertz CT molecular complexity index is 582. The highest BCUT2D eigenvalue weighted by Crippen LogP contribution is 2.32. The molecule has 0 aromatic heterocycles. The van der Waals surface area contributed by atoms with E-state index in [1.807, 2.05) is 39.8 Å². The molecule has 1 rings (SSSR count). The van der Waals surface area contributed by atoms with Crippen LogP contribution in [-0.2, 0) is 4.79 Å². The number of urea groups is 1. The van der Waals surface area contributed by atoms with Crippen molar-refractivity contribution in [3.8, 4) is 0 Å². The molecule has 3 amide bonds. The summed E-state index contributed by atoms with van der Waals surface area (Å²) in [5.74, 6) is -0.244. The van der Waals surface area contributed by atoms with Crippen molar-refractivity contribution in [3.63, 3.8) is 0 Å². The second kappa shape index (κ2) is 7.55. The first-order chi connectivity index (χ1) is 10.5. The standard InChI is InChI=1S/C16H25ClN4O2/c1-10(14(22)20-16(2,3)4)18-15(23)19-12-9-7-8-11(17)13(12)21(5)6/h7-10H,1-6H3,(H,20,22)(H2,18,19,23)/t10-/m0/s1. The summed E-state index contributed by atoms with van der Waals surface area (Å²) >= 11 is 6.16. The molecule has 1 aromatic rings. The Morgan fingerprint density at radius 1 is 1.22 bits per heavy atom. The number of anilines is 2. The summed E-state index contributed by atoms with van der Waals surface area (Å²) in [4.78, 5) is 25.9. The molecular formula is C16H25ClN4O2. The number of para-hydroxylation sites is 1. The molecule has 0 aliphatic heterocycles. The lowest BCUT2D eigenvalue weighted by atomic mass is 10.1. The first kappa shape index (κ1) is 19.1. The fraction of sp³-hybridized carbons (Fsp3) is 0.500. The SMILES string of the molecule is C[C@H](NC(=O)Nc1cccc(Cl)c1N(C)C)C(=O)NC(C)(C)C. The molecule has 1 aromatic carbocycles. The molecule has 1 atom stereocenters. The number of hydrogen-bond acceptors (Lipinski definition) is 3. The van der Waals surface area contributed by atoms with Gasteiger partial charge in [0.1, 0.15) is 6.04 Å². The minimum absolute atomic E-state index is 0.244. The molecule has 0 aliphatic rings. The average molecular weight is 341 g/mol. The van der Waals surface area contributed by atoms with E-state index in [2.05, 4.69) is 16.0 Å². The van der Waals surface area contributed by atoms with Gasteiger partial charge in [-0.05, 0) is 39.8 Å².